The van der Waals surface area contributed by atoms with E-state index in [1.54, 1.807) is 7.11 Å². The van der Waals surface area contributed by atoms with Crippen LogP contribution < -0.4 is 15.2 Å². The van der Waals surface area contributed by atoms with Crippen molar-refractivity contribution in [3.8, 4) is 5.75 Å². The molecule has 2 rings (SSSR count). The maximum atomic E-state index is 7.09. The van der Waals surface area contributed by atoms with Gasteiger partial charge in [-0.05, 0) is 31.4 Å². The summed E-state index contributed by atoms with van der Waals surface area (Å²) in [4.78, 5) is 2.33. The summed E-state index contributed by atoms with van der Waals surface area (Å²) in [5.74, 6) is 0.818. The molecule has 0 saturated carbocycles. The highest BCUT2D eigenvalue weighted by atomic mass is 16.5. The summed E-state index contributed by atoms with van der Waals surface area (Å²) in [6, 6.07) is 3.91. The van der Waals surface area contributed by atoms with Crippen LogP contribution in [0.2, 0.25) is 0 Å². The third-order valence-corrected chi connectivity index (χ3v) is 3.06. The Bertz CT molecular complexity index is 397. The Morgan fingerprint density at radius 3 is 2.56 bits per heavy atom. The Balaban J connectivity index is 2.42. The first-order valence-electron chi connectivity index (χ1n) is 5.57. The number of anilines is 1. The van der Waals surface area contributed by atoms with Crippen molar-refractivity contribution >= 4 is 11.4 Å². The lowest BCUT2D eigenvalue weighted by Crippen LogP contribution is -2.22. The molecular formula is C12H17N3O+. The smallest absolute Gasteiger partial charge is 0.144 e. The molecular weight excluding hydrogens is 202 g/mol. The van der Waals surface area contributed by atoms with E-state index >= 15 is 0 Å². The minimum atomic E-state index is 0.680. The van der Waals surface area contributed by atoms with Crippen molar-refractivity contribution in [1.29, 1.82) is 0 Å². The molecule has 1 N–H and O–H groups in total. The highest BCUT2D eigenvalue weighted by Crippen LogP contribution is 2.36. The standard InChI is InChI=1S/C12H17N3O/c1-9-7-11(15-5-3-4-6-15)12(16-2)8-10(9)14-13/h7-8,13H,3-6H2,1-2H3/q+1. The molecule has 1 saturated heterocycles. The maximum Gasteiger partial charge on any atom is 0.144 e. The second kappa shape index (κ2) is 4.51. The minimum absolute atomic E-state index is 0.680. The SMILES string of the molecule is COc1cc(N=[NH+])c(C)cc1N1CCCC1. The molecule has 1 aromatic carbocycles. The van der Waals surface area contributed by atoms with Crippen molar-refractivity contribution in [1.82, 2.24) is 0 Å². The first-order valence-corrected chi connectivity index (χ1v) is 5.57. The van der Waals surface area contributed by atoms with Gasteiger partial charge in [-0.2, -0.15) is 0 Å². The number of hydrogen-bond donors (Lipinski definition) is 1. The van der Waals surface area contributed by atoms with Gasteiger partial charge in [-0.25, -0.2) is 0 Å². The molecule has 0 aromatic heterocycles. The van der Waals surface area contributed by atoms with Crippen LogP contribution >= 0.6 is 0 Å². The monoisotopic (exact) mass is 219 g/mol. The van der Waals surface area contributed by atoms with Gasteiger partial charge in [0.05, 0.1) is 17.9 Å². The van der Waals surface area contributed by atoms with Crippen LogP contribution in [0.3, 0.4) is 0 Å². The number of ether oxygens (including phenoxy) is 1. The van der Waals surface area contributed by atoms with E-state index in [2.05, 4.69) is 16.1 Å². The van der Waals surface area contributed by atoms with E-state index in [1.807, 2.05) is 13.0 Å². The third kappa shape index (κ3) is 1.87. The molecule has 4 nitrogen and oxygen atoms in total. The number of hydrogen-bond acceptors (Lipinski definition) is 4. The van der Waals surface area contributed by atoms with E-state index in [1.165, 1.54) is 12.8 Å². The summed E-state index contributed by atoms with van der Waals surface area (Å²) >= 11 is 0. The van der Waals surface area contributed by atoms with Gasteiger partial charge in [0.2, 0.25) is 0 Å². The van der Waals surface area contributed by atoms with E-state index < -0.39 is 0 Å². The molecule has 1 radical (unpaired) electrons. The summed E-state index contributed by atoms with van der Waals surface area (Å²) in [5.41, 5.74) is 9.93. The average Bonchev–Trinajstić information content (AvgIpc) is 2.82. The minimum Gasteiger partial charge on any atom is -0.494 e. The predicted octanol–water partition coefficient (Wildman–Crippen LogP) is 1.23. The molecule has 1 fully saturated rings. The van der Waals surface area contributed by atoms with Crippen LogP contribution in [0.4, 0.5) is 11.4 Å². The molecule has 0 atom stereocenters. The fraction of sp³-hybridized carbons (Fsp3) is 0.500. The third-order valence-electron chi connectivity index (χ3n) is 3.06. The van der Waals surface area contributed by atoms with Crippen molar-refractivity contribution in [3.63, 3.8) is 0 Å². The van der Waals surface area contributed by atoms with Crippen LogP contribution in [-0.4, -0.2) is 20.2 Å². The lowest BCUT2D eigenvalue weighted by atomic mass is 10.1. The fourth-order valence-corrected chi connectivity index (χ4v) is 2.15. The zero-order chi connectivity index (χ0) is 11.5. The summed E-state index contributed by atoms with van der Waals surface area (Å²) in [6.45, 7) is 4.16. The van der Waals surface area contributed by atoms with Crippen molar-refractivity contribution in [2.75, 3.05) is 25.1 Å². The Hall–Kier alpha value is -1.58. The number of methoxy groups -OCH3 is 1. The molecule has 0 amide bonds. The highest BCUT2D eigenvalue weighted by molar-refractivity contribution is 5.67. The van der Waals surface area contributed by atoms with Crippen LogP contribution in [0, 0.1) is 6.92 Å². The van der Waals surface area contributed by atoms with Crippen molar-refractivity contribution in [2.45, 2.75) is 19.8 Å². The van der Waals surface area contributed by atoms with Gasteiger partial charge in [0.15, 0.2) is 0 Å². The fourth-order valence-electron chi connectivity index (χ4n) is 2.15. The van der Waals surface area contributed by atoms with E-state index in [4.69, 9.17) is 10.3 Å². The summed E-state index contributed by atoms with van der Waals surface area (Å²) in [6.07, 6.45) is 2.49. The van der Waals surface area contributed by atoms with Crippen LogP contribution in [0.5, 0.6) is 5.75 Å². The quantitative estimate of drug-likeness (QED) is 0.777. The molecule has 1 aromatic rings. The molecule has 0 aliphatic carbocycles. The number of rotatable bonds is 3. The van der Waals surface area contributed by atoms with Crippen LogP contribution in [0.25, 0.3) is 0 Å². The molecule has 85 valence electrons. The Morgan fingerprint density at radius 1 is 1.31 bits per heavy atom. The van der Waals surface area contributed by atoms with Crippen molar-refractivity contribution in [2.24, 2.45) is 5.11 Å². The Labute approximate surface area is 95.7 Å². The topological polar surface area (TPSA) is 48.6 Å². The van der Waals surface area contributed by atoms with Gasteiger partial charge in [-0.1, -0.05) is 0 Å². The molecule has 0 unspecified atom stereocenters. The summed E-state index contributed by atoms with van der Waals surface area (Å²) in [5, 5.41) is 3.50. The van der Waals surface area contributed by atoms with Gasteiger partial charge in [0.1, 0.15) is 17.0 Å². The van der Waals surface area contributed by atoms with Crippen molar-refractivity contribution in [3.05, 3.63) is 17.7 Å². The second-order valence-electron chi connectivity index (χ2n) is 4.12. The van der Waals surface area contributed by atoms with Crippen LogP contribution in [-0.2, 0) is 0 Å². The second-order valence-corrected chi connectivity index (χ2v) is 4.12. The molecule has 0 bridgehead atoms. The molecule has 1 aliphatic heterocycles. The lowest BCUT2D eigenvalue weighted by Gasteiger charge is -2.21. The van der Waals surface area contributed by atoms with E-state index in [0.717, 1.165) is 30.1 Å². The van der Waals surface area contributed by atoms with Gasteiger partial charge in [0, 0.05) is 19.2 Å². The first-order chi connectivity index (χ1) is 7.76. The largest absolute Gasteiger partial charge is 0.494 e. The predicted molar refractivity (Wildman–Crippen MR) is 62.2 cm³/mol. The number of nitrogens with zero attached hydrogens (tertiary/aromatic N) is 2. The zero-order valence-electron chi connectivity index (χ0n) is 9.79. The summed E-state index contributed by atoms with van der Waals surface area (Å²) in [7, 11) is 1.66. The molecule has 4 heteroatoms. The summed E-state index contributed by atoms with van der Waals surface area (Å²) < 4.78 is 5.37. The first kappa shape index (κ1) is 10.9. The number of aryl methyl sites for hydroxylation is 1. The zero-order valence-corrected chi connectivity index (χ0v) is 9.79. The van der Waals surface area contributed by atoms with Gasteiger partial charge in [0.25, 0.3) is 0 Å². The molecule has 1 aliphatic rings. The Morgan fingerprint density at radius 2 is 2.00 bits per heavy atom. The van der Waals surface area contributed by atoms with Gasteiger partial charge < -0.3 is 9.64 Å². The average molecular weight is 219 g/mol. The van der Waals surface area contributed by atoms with Crippen LogP contribution in [0.1, 0.15) is 18.4 Å². The van der Waals surface area contributed by atoms with Gasteiger partial charge in [-0.15, -0.1) is 0 Å². The lowest BCUT2D eigenvalue weighted by molar-refractivity contribution is -0.210. The maximum absolute atomic E-state index is 7.09. The van der Waals surface area contributed by atoms with Gasteiger partial charge in [-0.3, -0.25) is 0 Å². The highest BCUT2D eigenvalue weighted by Gasteiger charge is 2.18. The van der Waals surface area contributed by atoms with Gasteiger partial charge >= 0.3 is 0 Å². The van der Waals surface area contributed by atoms with E-state index in [-0.39, 0.29) is 0 Å². The van der Waals surface area contributed by atoms with Crippen LogP contribution in [0.15, 0.2) is 17.2 Å². The molecule has 16 heavy (non-hydrogen) atoms. The number of benzene rings is 1. The number of nitrogens with one attached hydrogen (secondary N) is 1. The van der Waals surface area contributed by atoms with E-state index in [9.17, 15) is 0 Å². The Kier molecular flexibility index (Phi) is 3.08. The van der Waals surface area contributed by atoms with Crippen molar-refractivity contribution < 1.29 is 10.3 Å². The van der Waals surface area contributed by atoms with E-state index in [0.29, 0.717) is 5.69 Å². The molecule has 0 spiro atoms. The molecule has 1 heterocycles. The normalized spacial score (nSPS) is 15.2.